The summed E-state index contributed by atoms with van der Waals surface area (Å²) in [6.07, 6.45) is 3.78. The molecule has 184 valence electrons. The summed E-state index contributed by atoms with van der Waals surface area (Å²) in [6.45, 7) is 2.87. The van der Waals surface area contributed by atoms with Crippen LogP contribution >= 0.6 is 0 Å². The lowest BCUT2D eigenvalue weighted by molar-refractivity contribution is 0.183. The fourth-order valence-electron chi connectivity index (χ4n) is 5.27. The van der Waals surface area contributed by atoms with Gasteiger partial charge in [0, 0.05) is 25.0 Å². The van der Waals surface area contributed by atoms with Gasteiger partial charge in [0.05, 0.1) is 11.0 Å². The molecular weight excluding hydrogens is 448 g/mol. The van der Waals surface area contributed by atoms with Gasteiger partial charge in [-0.3, -0.25) is 4.57 Å². The summed E-state index contributed by atoms with van der Waals surface area (Å²) in [7, 11) is 0. The van der Waals surface area contributed by atoms with Crippen LogP contribution in [0.3, 0.4) is 0 Å². The summed E-state index contributed by atoms with van der Waals surface area (Å²) in [5, 5.41) is 0. The number of aromatic nitrogens is 2. The molecule has 7 heteroatoms. The van der Waals surface area contributed by atoms with Gasteiger partial charge in [0.1, 0.15) is 11.6 Å². The summed E-state index contributed by atoms with van der Waals surface area (Å²) in [5.74, 6) is -0.402. The topological polar surface area (TPSA) is 72.5 Å². The Morgan fingerprint density at radius 3 is 2.03 bits per heavy atom. The third-order valence-corrected chi connectivity index (χ3v) is 7.06. The van der Waals surface area contributed by atoms with Gasteiger partial charge in [0.2, 0.25) is 0 Å². The fraction of sp³-hybridized carbons (Fsp3) is 0.321. The lowest BCUT2D eigenvalue weighted by Gasteiger charge is -2.32. The van der Waals surface area contributed by atoms with Crippen LogP contribution in [0.1, 0.15) is 48.8 Å². The molecule has 4 aromatic rings. The highest BCUT2D eigenvalue weighted by atomic mass is 19.1. The van der Waals surface area contributed by atoms with E-state index in [2.05, 4.69) is 9.88 Å². The predicted molar refractivity (Wildman–Crippen MR) is 135 cm³/mol. The molecule has 5 nitrogen and oxygen atoms in total. The molecule has 1 aliphatic heterocycles. The number of H-pyrrole nitrogens is 1. The Morgan fingerprint density at radius 1 is 0.857 bits per heavy atom. The number of aromatic amines is 1. The lowest BCUT2D eigenvalue weighted by atomic mass is 9.87. The Hall–Kier alpha value is -3.29. The normalized spacial score (nSPS) is 14.9. The third kappa shape index (κ3) is 5.52. The van der Waals surface area contributed by atoms with Crippen LogP contribution in [0.5, 0.6) is 0 Å². The first-order valence-corrected chi connectivity index (χ1v) is 12.0. The highest BCUT2D eigenvalue weighted by Gasteiger charge is 2.24. The second-order valence-electron chi connectivity index (χ2n) is 9.19. The third-order valence-electron chi connectivity index (χ3n) is 7.06. The molecule has 0 bridgehead atoms. The molecule has 35 heavy (non-hydrogen) atoms. The molecule has 0 atom stereocenters. The van der Waals surface area contributed by atoms with Crippen LogP contribution in [0.15, 0.2) is 77.6 Å². The minimum Gasteiger partial charge on any atom is -0.412 e. The maximum absolute atomic E-state index is 13.5. The quantitative estimate of drug-likeness (QED) is 0.404. The van der Waals surface area contributed by atoms with Crippen molar-refractivity contribution in [3.8, 4) is 0 Å². The number of benzene rings is 3. The van der Waals surface area contributed by atoms with E-state index in [9.17, 15) is 13.6 Å². The summed E-state index contributed by atoms with van der Waals surface area (Å²) in [4.78, 5) is 18.0. The zero-order valence-electron chi connectivity index (χ0n) is 19.6. The van der Waals surface area contributed by atoms with E-state index in [4.69, 9.17) is 0 Å². The van der Waals surface area contributed by atoms with Crippen LogP contribution in [0.4, 0.5) is 8.78 Å². The minimum atomic E-state index is -0.251. The zero-order chi connectivity index (χ0) is 23.5. The fourth-order valence-corrected chi connectivity index (χ4v) is 5.27. The number of fused-ring (bicyclic) bond motifs is 1. The van der Waals surface area contributed by atoms with E-state index in [1.807, 2.05) is 53.1 Å². The second-order valence-corrected chi connectivity index (χ2v) is 9.19. The Bertz CT molecular complexity index is 1250. The molecule has 0 radical (unpaired) electrons. The first-order chi connectivity index (χ1) is 16.6. The van der Waals surface area contributed by atoms with Crippen LogP contribution in [-0.2, 0) is 0 Å². The van der Waals surface area contributed by atoms with Gasteiger partial charge in [-0.2, -0.15) is 0 Å². The number of imidazole rings is 1. The minimum absolute atomic E-state index is 0. The van der Waals surface area contributed by atoms with Crippen molar-refractivity contribution in [2.75, 3.05) is 19.6 Å². The molecule has 0 unspecified atom stereocenters. The van der Waals surface area contributed by atoms with Gasteiger partial charge in [0.15, 0.2) is 0 Å². The zero-order valence-corrected chi connectivity index (χ0v) is 19.6. The van der Waals surface area contributed by atoms with Gasteiger partial charge in [-0.15, -0.1) is 0 Å². The number of para-hydroxylation sites is 2. The van der Waals surface area contributed by atoms with Crippen molar-refractivity contribution in [1.29, 1.82) is 0 Å². The molecule has 0 saturated carbocycles. The molecule has 0 spiro atoms. The van der Waals surface area contributed by atoms with Crippen LogP contribution < -0.4 is 5.69 Å². The van der Waals surface area contributed by atoms with E-state index in [-0.39, 0.29) is 34.8 Å². The maximum Gasteiger partial charge on any atom is 0.326 e. The Kier molecular flexibility index (Phi) is 7.78. The van der Waals surface area contributed by atoms with Crippen molar-refractivity contribution >= 4 is 11.0 Å². The Balaban J connectivity index is 0.00000289. The molecule has 1 fully saturated rings. The molecule has 5 rings (SSSR count). The molecule has 3 N–H and O–H groups in total. The number of hydrogen-bond donors (Lipinski definition) is 1. The van der Waals surface area contributed by atoms with Crippen molar-refractivity contribution in [1.82, 2.24) is 14.5 Å². The van der Waals surface area contributed by atoms with E-state index >= 15 is 0 Å². The Morgan fingerprint density at radius 2 is 1.43 bits per heavy atom. The van der Waals surface area contributed by atoms with Crippen LogP contribution in [-0.4, -0.2) is 39.6 Å². The number of hydrogen-bond acceptors (Lipinski definition) is 2. The lowest BCUT2D eigenvalue weighted by Crippen LogP contribution is -2.37. The summed E-state index contributed by atoms with van der Waals surface area (Å²) in [6, 6.07) is 21.3. The van der Waals surface area contributed by atoms with Crippen molar-refractivity contribution in [2.45, 2.75) is 37.6 Å². The number of piperidine rings is 1. The van der Waals surface area contributed by atoms with Crippen LogP contribution in [0.25, 0.3) is 11.0 Å². The van der Waals surface area contributed by atoms with Crippen molar-refractivity contribution in [3.05, 3.63) is 106 Å². The number of nitrogens with one attached hydrogen (secondary N) is 1. The molecule has 3 aromatic carbocycles. The molecule has 1 saturated heterocycles. The average molecular weight is 480 g/mol. The van der Waals surface area contributed by atoms with Gasteiger partial charge < -0.3 is 15.4 Å². The highest BCUT2D eigenvalue weighted by molar-refractivity contribution is 5.75. The standard InChI is InChI=1S/C28H29F2N3O.H2O/c29-22-11-7-20(8-12-22)25(21-9-13-23(30)14-10-21)4-3-17-32-18-15-24(16-19-32)33-27-6-2-1-5-26(27)31-28(33)34;/h1-2,5-14,24-25H,3-4,15-19H2,(H,31,34);1H2. The highest BCUT2D eigenvalue weighted by Crippen LogP contribution is 2.31. The predicted octanol–water partition coefficient (Wildman–Crippen LogP) is 5.03. The molecule has 0 amide bonds. The van der Waals surface area contributed by atoms with Gasteiger partial charge in [-0.25, -0.2) is 13.6 Å². The first-order valence-electron chi connectivity index (χ1n) is 12.0. The largest absolute Gasteiger partial charge is 0.412 e. The van der Waals surface area contributed by atoms with E-state index < -0.39 is 0 Å². The molecular formula is C28H31F2N3O2. The number of likely N-dealkylation sites (tertiary alicyclic amines) is 1. The van der Waals surface area contributed by atoms with Crippen LogP contribution in [0.2, 0.25) is 0 Å². The van der Waals surface area contributed by atoms with Gasteiger partial charge in [-0.1, -0.05) is 36.4 Å². The van der Waals surface area contributed by atoms with Gasteiger partial charge >= 0.3 is 5.69 Å². The van der Waals surface area contributed by atoms with E-state index in [0.29, 0.717) is 0 Å². The average Bonchev–Trinajstić information content (AvgIpc) is 3.19. The summed E-state index contributed by atoms with van der Waals surface area (Å²) < 4.78 is 28.9. The molecule has 2 heterocycles. The molecule has 1 aromatic heterocycles. The van der Waals surface area contributed by atoms with Crippen LogP contribution in [0, 0.1) is 11.6 Å². The maximum atomic E-state index is 13.5. The summed E-state index contributed by atoms with van der Waals surface area (Å²) in [5.41, 5.74) is 3.94. The number of nitrogens with zero attached hydrogens (tertiary/aromatic N) is 2. The van der Waals surface area contributed by atoms with Gasteiger partial charge in [0.25, 0.3) is 0 Å². The molecule has 1 aliphatic rings. The second kappa shape index (κ2) is 11.0. The van der Waals surface area contributed by atoms with E-state index in [0.717, 1.165) is 67.5 Å². The SMILES string of the molecule is O.O=c1[nH]c2ccccc2n1C1CCN(CCCC(c2ccc(F)cc2)c2ccc(F)cc2)CC1. The number of halogens is 2. The summed E-state index contributed by atoms with van der Waals surface area (Å²) >= 11 is 0. The van der Waals surface area contributed by atoms with Gasteiger partial charge in [-0.05, 0) is 79.8 Å². The van der Waals surface area contributed by atoms with Crippen molar-refractivity contribution in [3.63, 3.8) is 0 Å². The Labute approximate surface area is 203 Å². The number of rotatable bonds is 7. The monoisotopic (exact) mass is 479 g/mol. The van der Waals surface area contributed by atoms with E-state index in [1.54, 1.807) is 0 Å². The smallest absolute Gasteiger partial charge is 0.326 e. The van der Waals surface area contributed by atoms with Crippen molar-refractivity contribution < 1.29 is 14.3 Å². The van der Waals surface area contributed by atoms with E-state index in [1.165, 1.54) is 24.3 Å². The molecule has 0 aliphatic carbocycles. The first kappa shape index (κ1) is 24.8. The van der Waals surface area contributed by atoms with Crippen molar-refractivity contribution in [2.24, 2.45) is 0 Å².